The minimum atomic E-state index is -0.314. The van der Waals surface area contributed by atoms with Crippen molar-refractivity contribution in [2.45, 2.75) is 37.0 Å². The summed E-state index contributed by atoms with van der Waals surface area (Å²) in [6.07, 6.45) is 4.24. The highest BCUT2D eigenvalue weighted by atomic mass is 35.5. The van der Waals surface area contributed by atoms with E-state index in [2.05, 4.69) is 0 Å². The van der Waals surface area contributed by atoms with Crippen molar-refractivity contribution in [3.8, 4) is 0 Å². The predicted octanol–water partition coefficient (Wildman–Crippen LogP) is 3.63. The van der Waals surface area contributed by atoms with E-state index in [9.17, 15) is 4.39 Å². The van der Waals surface area contributed by atoms with Gasteiger partial charge in [-0.05, 0) is 36.6 Å². The smallest absolute Gasteiger partial charge is 0.145 e. The molecule has 1 aliphatic heterocycles. The van der Waals surface area contributed by atoms with Crippen LogP contribution in [0.15, 0.2) is 18.2 Å². The molecule has 0 bridgehead atoms. The highest BCUT2D eigenvalue weighted by molar-refractivity contribution is 8.00. The number of nitrogens with two attached hydrogens (primary N) is 1. The Hall–Kier alpha value is -0.250. The third kappa shape index (κ3) is 3.36. The molecule has 2 rings (SSSR count). The molecule has 0 aromatic heterocycles. The molecule has 0 aliphatic carbocycles. The zero-order valence-corrected chi connectivity index (χ0v) is 11.2. The molecule has 0 amide bonds. The summed E-state index contributed by atoms with van der Waals surface area (Å²) in [5, 5.41) is 0.646. The van der Waals surface area contributed by atoms with Crippen molar-refractivity contribution < 1.29 is 4.39 Å². The van der Waals surface area contributed by atoms with E-state index in [-0.39, 0.29) is 16.9 Å². The second kappa shape index (κ2) is 6.07. The molecule has 1 saturated heterocycles. The van der Waals surface area contributed by atoms with E-state index in [0.29, 0.717) is 17.2 Å². The molecular formula is C13H17ClFNS. The molecule has 94 valence electrons. The van der Waals surface area contributed by atoms with Crippen LogP contribution in [0.4, 0.5) is 4.39 Å². The van der Waals surface area contributed by atoms with Crippen molar-refractivity contribution in [1.82, 2.24) is 0 Å². The van der Waals surface area contributed by atoms with Gasteiger partial charge >= 0.3 is 0 Å². The maximum atomic E-state index is 13.7. The SMILES string of the molecule is NC(Cc1cccc(Cl)c1F)C1CCCCS1. The molecule has 0 saturated carbocycles. The van der Waals surface area contributed by atoms with E-state index in [1.54, 1.807) is 18.2 Å². The lowest BCUT2D eigenvalue weighted by atomic mass is 10.00. The first kappa shape index (κ1) is 13.2. The van der Waals surface area contributed by atoms with Crippen molar-refractivity contribution >= 4 is 23.4 Å². The van der Waals surface area contributed by atoms with Gasteiger partial charge in [0.25, 0.3) is 0 Å². The van der Waals surface area contributed by atoms with Crippen LogP contribution >= 0.6 is 23.4 Å². The van der Waals surface area contributed by atoms with Crippen molar-refractivity contribution in [2.24, 2.45) is 5.73 Å². The number of hydrogen-bond donors (Lipinski definition) is 1. The van der Waals surface area contributed by atoms with Crippen LogP contribution < -0.4 is 5.73 Å². The van der Waals surface area contributed by atoms with Gasteiger partial charge in [-0.15, -0.1) is 0 Å². The van der Waals surface area contributed by atoms with Crippen LogP contribution in [0.2, 0.25) is 5.02 Å². The highest BCUT2D eigenvalue weighted by Gasteiger charge is 2.22. The summed E-state index contributed by atoms with van der Waals surface area (Å²) in [4.78, 5) is 0. The molecule has 2 atom stereocenters. The zero-order valence-electron chi connectivity index (χ0n) is 9.66. The van der Waals surface area contributed by atoms with Gasteiger partial charge in [0.1, 0.15) is 5.82 Å². The molecule has 1 aliphatic rings. The number of benzene rings is 1. The molecule has 1 fully saturated rings. The fraction of sp³-hybridized carbons (Fsp3) is 0.538. The first-order valence-electron chi connectivity index (χ1n) is 5.98. The lowest BCUT2D eigenvalue weighted by Gasteiger charge is -2.27. The van der Waals surface area contributed by atoms with Gasteiger partial charge in [-0.2, -0.15) is 11.8 Å². The Morgan fingerprint density at radius 1 is 1.47 bits per heavy atom. The summed E-state index contributed by atoms with van der Waals surface area (Å²) in [5.41, 5.74) is 6.80. The van der Waals surface area contributed by atoms with Crippen molar-refractivity contribution in [2.75, 3.05) is 5.75 Å². The fourth-order valence-corrected chi connectivity index (χ4v) is 3.74. The third-order valence-corrected chi connectivity index (χ3v) is 5.01. The molecule has 1 heterocycles. The largest absolute Gasteiger partial charge is 0.326 e. The summed E-state index contributed by atoms with van der Waals surface area (Å²) in [7, 11) is 0. The maximum absolute atomic E-state index is 13.7. The van der Waals surface area contributed by atoms with Crippen LogP contribution in [0.5, 0.6) is 0 Å². The molecule has 17 heavy (non-hydrogen) atoms. The van der Waals surface area contributed by atoms with Crippen molar-refractivity contribution in [3.05, 3.63) is 34.6 Å². The summed E-state index contributed by atoms with van der Waals surface area (Å²) >= 11 is 7.68. The fourth-order valence-electron chi connectivity index (χ4n) is 2.19. The Balaban J connectivity index is 2.01. The molecule has 0 spiro atoms. The Kier molecular flexibility index (Phi) is 4.71. The number of rotatable bonds is 3. The standard InChI is InChI=1S/C13H17ClFNS/c14-10-5-3-4-9(13(10)15)8-11(16)12-6-1-2-7-17-12/h3-5,11-12H,1-2,6-8,16H2. The lowest BCUT2D eigenvalue weighted by Crippen LogP contribution is -2.36. The molecular weight excluding hydrogens is 257 g/mol. The van der Waals surface area contributed by atoms with Gasteiger partial charge in [-0.25, -0.2) is 4.39 Å². The van der Waals surface area contributed by atoms with E-state index >= 15 is 0 Å². The van der Waals surface area contributed by atoms with Crippen LogP contribution in [0.3, 0.4) is 0 Å². The van der Waals surface area contributed by atoms with Crippen LogP contribution in [-0.2, 0) is 6.42 Å². The van der Waals surface area contributed by atoms with Gasteiger partial charge in [0.2, 0.25) is 0 Å². The molecule has 1 nitrogen and oxygen atoms in total. The Morgan fingerprint density at radius 3 is 3.00 bits per heavy atom. The molecule has 0 radical (unpaired) electrons. The molecule has 2 N–H and O–H groups in total. The molecule has 1 aromatic carbocycles. The van der Waals surface area contributed by atoms with Gasteiger partial charge in [-0.1, -0.05) is 30.2 Å². The maximum Gasteiger partial charge on any atom is 0.145 e. The predicted molar refractivity (Wildman–Crippen MR) is 73.2 cm³/mol. The number of thioether (sulfide) groups is 1. The molecule has 4 heteroatoms. The van der Waals surface area contributed by atoms with E-state index in [1.807, 2.05) is 11.8 Å². The van der Waals surface area contributed by atoms with Gasteiger partial charge in [-0.3, -0.25) is 0 Å². The first-order valence-corrected chi connectivity index (χ1v) is 7.41. The van der Waals surface area contributed by atoms with Gasteiger partial charge < -0.3 is 5.73 Å². The first-order chi connectivity index (χ1) is 8.18. The van der Waals surface area contributed by atoms with Crippen LogP contribution in [0.1, 0.15) is 24.8 Å². The van der Waals surface area contributed by atoms with Crippen LogP contribution in [0.25, 0.3) is 0 Å². The van der Waals surface area contributed by atoms with Crippen molar-refractivity contribution in [1.29, 1.82) is 0 Å². The van der Waals surface area contributed by atoms with E-state index in [1.165, 1.54) is 18.6 Å². The quantitative estimate of drug-likeness (QED) is 0.910. The van der Waals surface area contributed by atoms with Crippen molar-refractivity contribution in [3.63, 3.8) is 0 Å². The summed E-state index contributed by atoms with van der Waals surface area (Å²) < 4.78 is 13.7. The van der Waals surface area contributed by atoms with Gasteiger partial charge in [0, 0.05) is 11.3 Å². The zero-order chi connectivity index (χ0) is 12.3. The van der Waals surface area contributed by atoms with Gasteiger partial charge in [0.15, 0.2) is 0 Å². The second-order valence-corrected chi connectivity index (χ2v) is 6.24. The monoisotopic (exact) mass is 273 g/mol. The highest BCUT2D eigenvalue weighted by Crippen LogP contribution is 2.29. The Labute approximate surface area is 111 Å². The molecule has 1 aromatic rings. The van der Waals surface area contributed by atoms with Crippen LogP contribution in [0, 0.1) is 5.82 Å². The topological polar surface area (TPSA) is 26.0 Å². The number of hydrogen-bond acceptors (Lipinski definition) is 2. The van der Waals surface area contributed by atoms with Gasteiger partial charge in [0.05, 0.1) is 5.02 Å². The average molecular weight is 274 g/mol. The minimum absolute atomic E-state index is 0.0215. The summed E-state index contributed by atoms with van der Waals surface area (Å²) in [6, 6.07) is 5.14. The number of halogens is 2. The Morgan fingerprint density at radius 2 is 2.29 bits per heavy atom. The van der Waals surface area contributed by atoms with E-state index in [0.717, 1.165) is 6.42 Å². The van der Waals surface area contributed by atoms with E-state index in [4.69, 9.17) is 17.3 Å². The van der Waals surface area contributed by atoms with E-state index < -0.39 is 0 Å². The summed E-state index contributed by atoms with van der Waals surface area (Å²) in [5.74, 6) is 0.863. The Bertz CT molecular complexity index is 380. The second-order valence-electron chi connectivity index (χ2n) is 4.49. The normalized spacial score (nSPS) is 22.4. The third-order valence-electron chi connectivity index (χ3n) is 3.18. The average Bonchev–Trinajstić information content (AvgIpc) is 2.36. The lowest BCUT2D eigenvalue weighted by molar-refractivity contribution is 0.540. The summed E-state index contributed by atoms with van der Waals surface area (Å²) in [6.45, 7) is 0. The van der Waals surface area contributed by atoms with Crippen LogP contribution in [-0.4, -0.2) is 17.0 Å². The minimum Gasteiger partial charge on any atom is -0.326 e. The molecule has 2 unspecified atom stereocenters.